The Labute approximate surface area is 121 Å². The summed E-state index contributed by atoms with van der Waals surface area (Å²) in [5.74, 6) is 0.118. The molecule has 0 saturated carbocycles. The van der Waals surface area contributed by atoms with Crippen LogP contribution in [-0.2, 0) is 0 Å². The zero-order valence-electron chi connectivity index (χ0n) is 11.1. The lowest BCUT2D eigenvalue weighted by atomic mass is 10.1. The maximum Gasteiger partial charge on any atom is 0.164 e. The van der Waals surface area contributed by atoms with Crippen LogP contribution in [0.2, 0.25) is 0 Å². The molecular formula is C17H12FN2O-. The van der Waals surface area contributed by atoms with Crippen molar-refractivity contribution in [3.63, 3.8) is 0 Å². The normalized spacial score (nSPS) is 10.3. The minimum absolute atomic E-state index is 0.114. The molecule has 3 aromatic rings. The monoisotopic (exact) mass is 279 g/mol. The van der Waals surface area contributed by atoms with Crippen molar-refractivity contribution < 1.29 is 9.13 Å². The van der Waals surface area contributed by atoms with Crippen LogP contribution in [0.3, 0.4) is 0 Å². The van der Waals surface area contributed by atoms with E-state index in [2.05, 4.69) is 4.98 Å². The predicted octanol–water partition coefficient (Wildman–Crippen LogP) is 5.36. The molecule has 3 rings (SSSR count). The molecule has 0 bridgehead atoms. The average molecular weight is 279 g/mol. The molecule has 1 heterocycles. The van der Waals surface area contributed by atoms with Crippen LogP contribution in [-0.4, -0.2) is 4.98 Å². The fraction of sp³-hybridized carbons (Fsp3) is 0. The van der Waals surface area contributed by atoms with E-state index in [9.17, 15) is 4.39 Å². The summed E-state index contributed by atoms with van der Waals surface area (Å²) >= 11 is 0. The predicted molar refractivity (Wildman–Crippen MR) is 80.1 cm³/mol. The molecule has 0 amide bonds. The number of ether oxygens (including phenoxy) is 1. The smallest absolute Gasteiger partial charge is 0.164 e. The van der Waals surface area contributed by atoms with Crippen molar-refractivity contribution in [3.8, 4) is 22.6 Å². The Kier molecular flexibility index (Phi) is 3.51. The summed E-state index contributed by atoms with van der Waals surface area (Å²) in [6.45, 7) is 0. The van der Waals surface area contributed by atoms with E-state index in [1.54, 1.807) is 24.5 Å². The highest BCUT2D eigenvalue weighted by molar-refractivity contribution is 5.63. The number of nitrogens with zero attached hydrogens (tertiary/aromatic N) is 1. The molecule has 2 aromatic carbocycles. The van der Waals surface area contributed by atoms with E-state index >= 15 is 0 Å². The lowest BCUT2D eigenvalue weighted by Gasteiger charge is -2.10. The van der Waals surface area contributed by atoms with Crippen molar-refractivity contribution in [2.75, 3.05) is 0 Å². The van der Waals surface area contributed by atoms with Gasteiger partial charge in [-0.1, -0.05) is 18.2 Å². The van der Waals surface area contributed by atoms with Crippen LogP contribution in [0, 0.1) is 5.82 Å². The second-order valence-corrected chi connectivity index (χ2v) is 4.51. The number of benzene rings is 2. The van der Waals surface area contributed by atoms with Crippen LogP contribution in [0.25, 0.3) is 16.9 Å². The number of pyridine rings is 1. The summed E-state index contributed by atoms with van der Waals surface area (Å²) in [5.41, 5.74) is 9.54. The number of hydrogen-bond acceptors (Lipinski definition) is 2. The number of halogens is 1. The van der Waals surface area contributed by atoms with Gasteiger partial charge in [-0.25, -0.2) is 4.39 Å². The third-order valence-electron chi connectivity index (χ3n) is 3.03. The van der Waals surface area contributed by atoms with Gasteiger partial charge in [0.25, 0.3) is 0 Å². The second kappa shape index (κ2) is 5.63. The second-order valence-electron chi connectivity index (χ2n) is 4.51. The van der Waals surface area contributed by atoms with Crippen molar-refractivity contribution in [3.05, 3.63) is 78.5 Å². The van der Waals surface area contributed by atoms with Gasteiger partial charge < -0.3 is 10.5 Å². The summed E-state index contributed by atoms with van der Waals surface area (Å²) in [7, 11) is 0. The first-order valence-corrected chi connectivity index (χ1v) is 6.42. The quantitative estimate of drug-likeness (QED) is 0.647. The van der Waals surface area contributed by atoms with Gasteiger partial charge in [0.2, 0.25) is 0 Å². The topological polar surface area (TPSA) is 45.9 Å². The summed E-state index contributed by atoms with van der Waals surface area (Å²) in [6.07, 6.45) is 3.47. The fourth-order valence-corrected chi connectivity index (χ4v) is 1.97. The first kappa shape index (κ1) is 13.1. The molecule has 0 aliphatic rings. The molecule has 0 aliphatic carbocycles. The van der Waals surface area contributed by atoms with Gasteiger partial charge in [0.1, 0.15) is 5.75 Å². The summed E-state index contributed by atoms with van der Waals surface area (Å²) in [6, 6.07) is 15.3. The largest absolute Gasteiger partial charge is 0.699 e. The highest BCUT2D eigenvalue weighted by Gasteiger charge is 2.04. The molecule has 4 heteroatoms. The first-order valence-electron chi connectivity index (χ1n) is 6.42. The third kappa shape index (κ3) is 3.00. The average Bonchev–Trinajstić information content (AvgIpc) is 2.52. The van der Waals surface area contributed by atoms with E-state index in [4.69, 9.17) is 10.5 Å². The van der Waals surface area contributed by atoms with Gasteiger partial charge in [-0.15, -0.1) is 5.69 Å². The molecule has 0 unspecified atom stereocenters. The number of hydrogen-bond donors (Lipinski definition) is 0. The Balaban J connectivity index is 1.81. The van der Waals surface area contributed by atoms with Crippen LogP contribution in [0.5, 0.6) is 11.5 Å². The SMILES string of the molecule is [NH-]c1ccc(Oc2ccc(-c3ccncc3)cc2)c(F)c1. The number of rotatable bonds is 3. The maximum atomic E-state index is 13.6. The molecule has 21 heavy (non-hydrogen) atoms. The van der Waals surface area contributed by atoms with E-state index in [-0.39, 0.29) is 11.4 Å². The first-order chi connectivity index (χ1) is 10.2. The van der Waals surface area contributed by atoms with E-state index in [1.807, 2.05) is 24.3 Å². The summed E-state index contributed by atoms with van der Waals surface area (Å²) in [4.78, 5) is 3.98. The van der Waals surface area contributed by atoms with Crippen LogP contribution in [0.15, 0.2) is 67.0 Å². The zero-order valence-corrected chi connectivity index (χ0v) is 11.1. The summed E-state index contributed by atoms with van der Waals surface area (Å²) in [5, 5.41) is 0. The number of aromatic nitrogens is 1. The molecule has 0 spiro atoms. The van der Waals surface area contributed by atoms with Crippen molar-refractivity contribution in [2.45, 2.75) is 0 Å². The number of nitrogens with one attached hydrogen (secondary N) is 1. The zero-order chi connectivity index (χ0) is 14.7. The van der Waals surface area contributed by atoms with Gasteiger partial charge in [-0.3, -0.25) is 4.98 Å². The van der Waals surface area contributed by atoms with Crippen molar-refractivity contribution in [1.82, 2.24) is 4.98 Å². The van der Waals surface area contributed by atoms with E-state index in [0.29, 0.717) is 5.75 Å². The van der Waals surface area contributed by atoms with Crippen LogP contribution in [0.1, 0.15) is 0 Å². The van der Waals surface area contributed by atoms with Gasteiger partial charge in [0.15, 0.2) is 11.6 Å². The van der Waals surface area contributed by atoms with E-state index < -0.39 is 5.82 Å². The minimum Gasteiger partial charge on any atom is -0.699 e. The lowest BCUT2D eigenvalue weighted by molar-refractivity contribution is 0.442. The van der Waals surface area contributed by atoms with Gasteiger partial charge >= 0.3 is 0 Å². The van der Waals surface area contributed by atoms with E-state index in [1.165, 1.54) is 12.1 Å². The Bertz CT molecular complexity index is 742. The molecule has 1 N–H and O–H groups in total. The molecule has 1 aromatic heterocycles. The Morgan fingerprint density at radius 2 is 1.52 bits per heavy atom. The molecule has 0 aliphatic heterocycles. The molecule has 3 nitrogen and oxygen atoms in total. The van der Waals surface area contributed by atoms with Gasteiger partial charge in [-0.2, -0.15) is 0 Å². The van der Waals surface area contributed by atoms with Gasteiger partial charge in [-0.05, 0) is 47.5 Å². The molecular weight excluding hydrogens is 267 g/mol. The highest BCUT2D eigenvalue weighted by atomic mass is 19.1. The van der Waals surface area contributed by atoms with E-state index in [0.717, 1.165) is 17.2 Å². The minimum atomic E-state index is -0.541. The Hall–Kier alpha value is -2.88. The van der Waals surface area contributed by atoms with Crippen molar-refractivity contribution >= 4 is 5.69 Å². The standard InChI is InChI=1S/C17H12FN2O/c18-16-11-14(19)3-6-17(16)21-15-4-1-12(2-5-15)13-7-9-20-10-8-13/h1-11,19H/q-1. The maximum absolute atomic E-state index is 13.6. The fourth-order valence-electron chi connectivity index (χ4n) is 1.97. The Morgan fingerprint density at radius 3 is 2.19 bits per heavy atom. The van der Waals surface area contributed by atoms with Crippen molar-refractivity contribution in [2.24, 2.45) is 0 Å². The molecule has 0 saturated heterocycles. The Morgan fingerprint density at radius 1 is 0.857 bits per heavy atom. The third-order valence-corrected chi connectivity index (χ3v) is 3.03. The van der Waals surface area contributed by atoms with Gasteiger partial charge in [0.05, 0.1) is 0 Å². The van der Waals surface area contributed by atoms with Gasteiger partial charge in [0, 0.05) is 12.4 Å². The van der Waals surface area contributed by atoms with Crippen LogP contribution >= 0.6 is 0 Å². The molecule has 0 atom stereocenters. The van der Waals surface area contributed by atoms with Crippen LogP contribution in [0.4, 0.5) is 10.1 Å². The lowest BCUT2D eigenvalue weighted by Crippen LogP contribution is -1.88. The highest BCUT2D eigenvalue weighted by Crippen LogP contribution is 2.29. The van der Waals surface area contributed by atoms with Crippen molar-refractivity contribution in [1.29, 1.82) is 0 Å². The molecule has 0 radical (unpaired) electrons. The summed E-state index contributed by atoms with van der Waals surface area (Å²) < 4.78 is 19.1. The molecule has 0 fully saturated rings. The van der Waals surface area contributed by atoms with Crippen LogP contribution < -0.4 is 4.74 Å². The molecule has 104 valence electrons.